The maximum atomic E-state index is 12.8. The van der Waals surface area contributed by atoms with Crippen LogP contribution in [-0.4, -0.2) is 22.4 Å². The average molecular weight is 432 g/mol. The van der Waals surface area contributed by atoms with Crippen molar-refractivity contribution in [3.63, 3.8) is 0 Å². The van der Waals surface area contributed by atoms with Crippen molar-refractivity contribution in [3.8, 4) is 22.8 Å². The molecule has 0 spiro atoms. The molecule has 4 aromatic rings. The highest BCUT2D eigenvalue weighted by Crippen LogP contribution is 2.28. The molecule has 0 bridgehead atoms. The number of oxazole rings is 1. The van der Waals surface area contributed by atoms with Gasteiger partial charge in [-0.2, -0.15) is 0 Å². The van der Waals surface area contributed by atoms with E-state index in [0.717, 1.165) is 35.5 Å². The molecule has 2 aromatic carbocycles. The Balaban J connectivity index is 1.39. The first-order valence-corrected chi connectivity index (χ1v) is 11.3. The van der Waals surface area contributed by atoms with Crippen LogP contribution in [-0.2, 0) is 6.42 Å². The Morgan fingerprint density at radius 2 is 1.87 bits per heavy atom. The lowest BCUT2D eigenvalue weighted by Gasteiger charge is -2.08. The Bertz CT molecular complexity index is 1160. The summed E-state index contributed by atoms with van der Waals surface area (Å²) in [4.78, 5) is 21.7. The van der Waals surface area contributed by atoms with Crippen molar-refractivity contribution < 1.29 is 9.21 Å². The molecule has 0 aliphatic heterocycles. The molecule has 1 N–H and O–H groups in total. The Hall–Kier alpha value is -3.25. The first kappa shape index (κ1) is 21.0. The van der Waals surface area contributed by atoms with E-state index in [9.17, 15) is 4.79 Å². The molecular formula is C25H25N3O2S. The molecule has 0 atom stereocenters. The van der Waals surface area contributed by atoms with Crippen molar-refractivity contribution in [2.45, 2.75) is 33.1 Å². The van der Waals surface area contributed by atoms with Gasteiger partial charge in [0.1, 0.15) is 0 Å². The fourth-order valence-corrected chi connectivity index (χ4v) is 4.15. The van der Waals surface area contributed by atoms with Crippen LogP contribution in [0.5, 0.6) is 0 Å². The molecule has 0 aliphatic carbocycles. The third-order valence-electron chi connectivity index (χ3n) is 5.01. The lowest BCUT2D eigenvalue weighted by molar-refractivity contribution is 0.0953. The van der Waals surface area contributed by atoms with Gasteiger partial charge in [-0.15, -0.1) is 11.3 Å². The minimum atomic E-state index is -0.115. The fraction of sp³-hybridized carbons (Fsp3) is 0.240. The van der Waals surface area contributed by atoms with E-state index < -0.39 is 0 Å². The number of amides is 1. The lowest BCUT2D eigenvalue weighted by Crippen LogP contribution is -2.25. The first-order valence-electron chi connectivity index (χ1n) is 10.4. The maximum Gasteiger partial charge on any atom is 0.252 e. The van der Waals surface area contributed by atoms with Gasteiger partial charge in [0.15, 0.2) is 5.76 Å². The summed E-state index contributed by atoms with van der Waals surface area (Å²) in [6, 6.07) is 15.5. The number of nitrogens with one attached hydrogen (secondary N) is 1. The van der Waals surface area contributed by atoms with Crippen LogP contribution in [0.1, 0.15) is 39.5 Å². The number of nitrogens with zero attached hydrogens (tertiary/aromatic N) is 2. The van der Waals surface area contributed by atoms with Gasteiger partial charge in [0, 0.05) is 28.7 Å². The standard InChI is InChI=1S/C25H25N3O2S/c1-17-10-12-19(13-11-17)22-15-27-25(30-22)21-8-4-3-7-20(21)24(29)26-14-6-5-9-23-28-18(2)16-31-23/h3-4,7-8,10-13,15-16H,5-6,9,14H2,1-2H3,(H,26,29). The predicted octanol–water partition coefficient (Wildman–Crippen LogP) is 5.83. The van der Waals surface area contributed by atoms with Gasteiger partial charge in [0.05, 0.1) is 16.8 Å². The number of rotatable bonds is 8. The Morgan fingerprint density at radius 3 is 2.65 bits per heavy atom. The van der Waals surface area contributed by atoms with Gasteiger partial charge in [0.25, 0.3) is 5.91 Å². The SMILES string of the molecule is Cc1ccc(-c2cnc(-c3ccccc3C(=O)NCCCCc3nc(C)cs3)o2)cc1. The average Bonchev–Trinajstić information content (AvgIpc) is 3.43. The monoisotopic (exact) mass is 431 g/mol. The van der Waals surface area contributed by atoms with E-state index in [1.165, 1.54) is 5.56 Å². The van der Waals surface area contributed by atoms with Crippen LogP contribution in [0.4, 0.5) is 0 Å². The van der Waals surface area contributed by atoms with Crippen LogP contribution >= 0.6 is 11.3 Å². The Morgan fingerprint density at radius 1 is 1.06 bits per heavy atom. The highest BCUT2D eigenvalue weighted by molar-refractivity contribution is 7.09. The molecule has 0 saturated carbocycles. The van der Waals surface area contributed by atoms with E-state index in [1.807, 2.05) is 56.3 Å². The van der Waals surface area contributed by atoms with E-state index in [2.05, 4.69) is 20.7 Å². The third-order valence-corrected chi connectivity index (χ3v) is 6.04. The zero-order valence-corrected chi connectivity index (χ0v) is 18.5. The molecule has 2 aromatic heterocycles. The molecule has 0 radical (unpaired) electrons. The van der Waals surface area contributed by atoms with Gasteiger partial charge >= 0.3 is 0 Å². The molecule has 5 nitrogen and oxygen atoms in total. The van der Waals surface area contributed by atoms with Crippen molar-refractivity contribution in [2.24, 2.45) is 0 Å². The quantitative estimate of drug-likeness (QED) is 0.356. The van der Waals surface area contributed by atoms with Crippen molar-refractivity contribution in [1.29, 1.82) is 0 Å². The van der Waals surface area contributed by atoms with Crippen LogP contribution in [0.3, 0.4) is 0 Å². The molecule has 2 heterocycles. The van der Waals surface area contributed by atoms with E-state index in [0.29, 0.717) is 29.3 Å². The van der Waals surface area contributed by atoms with Crippen LogP contribution in [0.15, 0.2) is 64.5 Å². The van der Waals surface area contributed by atoms with Crippen molar-refractivity contribution in [3.05, 3.63) is 81.9 Å². The molecule has 0 aliphatic rings. The van der Waals surface area contributed by atoms with E-state index in [4.69, 9.17) is 4.42 Å². The minimum absolute atomic E-state index is 0.115. The van der Waals surface area contributed by atoms with Gasteiger partial charge in [-0.05, 0) is 45.2 Å². The number of hydrogen-bond donors (Lipinski definition) is 1. The van der Waals surface area contributed by atoms with Crippen LogP contribution in [0, 0.1) is 13.8 Å². The second-order valence-corrected chi connectivity index (χ2v) is 8.48. The van der Waals surface area contributed by atoms with E-state index >= 15 is 0 Å². The maximum absolute atomic E-state index is 12.8. The molecule has 1 amide bonds. The summed E-state index contributed by atoms with van der Waals surface area (Å²) >= 11 is 1.70. The molecule has 0 unspecified atom stereocenters. The van der Waals surface area contributed by atoms with Gasteiger partial charge in [-0.25, -0.2) is 9.97 Å². The van der Waals surface area contributed by atoms with Crippen LogP contribution < -0.4 is 5.32 Å². The Labute approximate surface area is 186 Å². The fourth-order valence-electron chi connectivity index (χ4n) is 3.33. The zero-order chi connectivity index (χ0) is 21.6. The summed E-state index contributed by atoms with van der Waals surface area (Å²) in [5.41, 5.74) is 4.47. The number of carbonyl (C=O) groups excluding carboxylic acids is 1. The molecule has 158 valence electrons. The van der Waals surface area contributed by atoms with Crippen LogP contribution in [0.25, 0.3) is 22.8 Å². The van der Waals surface area contributed by atoms with Crippen molar-refractivity contribution in [1.82, 2.24) is 15.3 Å². The van der Waals surface area contributed by atoms with Gasteiger partial charge < -0.3 is 9.73 Å². The van der Waals surface area contributed by atoms with Gasteiger partial charge in [-0.3, -0.25) is 4.79 Å². The van der Waals surface area contributed by atoms with E-state index in [-0.39, 0.29) is 5.91 Å². The summed E-state index contributed by atoms with van der Waals surface area (Å²) in [7, 11) is 0. The summed E-state index contributed by atoms with van der Waals surface area (Å²) in [6.45, 7) is 4.68. The predicted molar refractivity (Wildman–Crippen MR) is 124 cm³/mol. The third kappa shape index (κ3) is 5.27. The topological polar surface area (TPSA) is 68.0 Å². The van der Waals surface area contributed by atoms with Crippen LogP contribution in [0.2, 0.25) is 0 Å². The van der Waals surface area contributed by atoms with Crippen molar-refractivity contribution in [2.75, 3.05) is 6.54 Å². The second-order valence-electron chi connectivity index (χ2n) is 7.54. The number of aryl methyl sites for hydroxylation is 3. The molecule has 0 saturated heterocycles. The molecule has 0 fully saturated rings. The zero-order valence-electron chi connectivity index (χ0n) is 17.7. The molecule has 31 heavy (non-hydrogen) atoms. The number of aromatic nitrogens is 2. The Kier molecular flexibility index (Phi) is 6.57. The van der Waals surface area contributed by atoms with E-state index in [1.54, 1.807) is 23.6 Å². The first-order chi connectivity index (χ1) is 15.1. The molecular weight excluding hydrogens is 406 g/mol. The minimum Gasteiger partial charge on any atom is -0.436 e. The van der Waals surface area contributed by atoms with Gasteiger partial charge in [-0.1, -0.05) is 42.0 Å². The van der Waals surface area contributed by atoms with Crippen molar-refractivity contribution >= 4 is 17.2 Å². The number of unbranched alkanes of at least 4 members (excludes halogenated alkanes) is 1. The molecule has 4 rings (SSSR count). The smallest absolute Gasteiger partial charge is 0.252 e. The van der Waals surface area contributed by atoms with Gasteiger partial charge in [0.2, 0.25) is 5.89 Å². The number of thiazole rings is 1. The highest BCUT2D eigenvalue weighted by atomic mass is 32.1. The summed E-state index contributed by atoms with van der Waals surface area (Å²) in [5.74, 6) is 1.01. The highest BCUT2D eigenvalue weighted by Gasteiger charge is 2.16. The second kappa shape index (κ2) is 9.71. The number of hydrogen-bond acceptors (Lipinski definition) is 5. The summed E-state index contributed by atoms with van der Waals surface area (Å²) < 4.78 is 5.98. The summed E-state index contributed by atoms with van der Waals surface area (Å²) in [6.07, 6.45) is 4.55. The number of carbonyl (C=O) groups is 1. The largest absolute Gasteiger partial charge is 0.436 e. The number of benzene rings is 2. The summed E-state index contributed by atoms with van der Waals surface area (Å²) in [5, 5.41) is 6.25. The molecule has 6 heteroatoms. The normalized spacial score (nSPS) is 10.9. The lowest BCUT2D eigenvalue weighted by atomic mass is 10.1.